The number of ether oxygens (including phenoxy) is 2. The highest BCUT2D eigenvalue weighted by Crippen LogP contribution is 2.33. The van der Waals surface area contributed by atoms with E-state index in [4.69, 9.17) is 32.7 Å². The molecule has 70 heavy (non-hydrogen) atoms. The van der Waals surface area contributed by atoms with E-state index in [0.29, 0.717) is 40.1 Å². The van der Waals surface area contributed by atoms with Crippen molar-refractivity contribution in [2.45, 2.75) is 67.9 Å². The second kappa shape index (κ2) is 25.0. The van der Waals surface area contributed by atoms with Crippen molar-refractivity contribution in [1.82, 2.24) is 39.8 Å². The van der Waals surface area contributed by atoms with E-state index in [2.05, 4.69) is 20.5 Å². The second-order valence-electron chi connectivity index (χ2n) is 17.9. The number of halogens is 3. The maximum absolute atomic E-state index is 15.0. The van der Waals surface area contributed by atoms with Gasteiger partial charge in [-0.3, -0.25) is 24.0 Å². The van der Waals surface area contributed by atoms with Crippen molar-refractivity contribution in [3.05, 3.63) is 136 Å². The van der Waals surface area contributed by atoms with Gasteiger partial charge in [0, 0.05) is 80.9 Å². The number of alkyl halides is 1. The Morgan fingerprint density at radius 2 is 1.49 bits per heavy atom. The van der Waals surface area contributed by atoms with Gasteiger partial charge in [-0.05, 0) is 116 Å². The third-order valence-electron chi connectivity index (χ3n) is 12.4. The van der Waals surface area contributed by atoms with Crippen LogP contribution >= 0.6 is 45.8 Å². The highest BCUT2D eigenvalue weighted by atomic mass is 127. The summed E-state index contributed by atoms with van der Waals surface area (Å²) in [4.78, 5) is 83.4. The van der Waals surface area contributed by atoms with Crippen LogP contribution in [-0.4, -0.2) is 129 Å². The quantitative estimate of drug-likeness (QED) is 0.0710. The number of imidazole rings is 1. The Hall–Kier alpha value is -5.53. The fraction of sp³-hybridized carbons (Fsp3) is 0.385. The maximum atomic E-state index is 15.0. The molecule has 1 aliphatic rings. The van der Waals surface area contributed by atoms with Crippen molar-refractivity contribution in [2.75, 3.05) is 48.5 Å². The third kappa shape index (κ3) is 14.3. The summed E-state index contributed by atoms with van der Waals surface area (Å²) >= 11 is 14.7. The van der Waals surface area contributed by atoms with Gasteiger partial charge in [0.1, 0.15) is 23.4 Å². The molecule has 18 heteroatoms. The van der Waals surface area contributed by atoms with Gasteiger partial charge in [0.2, 0.25) is 23.6 Å². The lowest BCUT2D eigenvalue weighted by atomic mass is 9.93. The first kappa shape index (κ1) is 53.8. The van der Waals surface area contributed by atoms with E-state index >= 15 is 4.79 Å². The van der Waals surface area contributed by atoms with Gasteiger partial charge in [0.25, 0.3) is 5.91 Å². The Bertz CT molecular complexity index is 2600. The molecule has 1 aromatic heterocycles. The minimum atomic E-state index is -1.21. The lowest BCUT2D eigenvalue weighted by Crippen LogP contribution is -2.57. The summed E-state index contributed by atoms with van der Waals surface area (Å²) in [5.41, 5.74) is 4.08. The predicted molar refractivity (Wildman–Crippen MR) is 280 cm³/mol. The first-order valence-electron chi connectivity index (χ1n) is 23.0. The number of methoxy groups -OCH3 is 1. The van der Waals surface area contributed by atoms with Crippen LogP contribution in [0.25, 0.3) is 11.3 Å². The van der Waals surface area contributed by atoms with Gasteiger partial charge in [-0.1, -0.05) is 71.7 Å². The molecule has 1 fully saturated rings. The standard InChI is InChI=1S/C52H61Cl2IN8O7/c1-33-28-57-47(64)27-41(24-35-13-18-39(53)19-14-35)61(5)52(68)43(32-69-7)58-50(66)49(55)63(48(65)25-38(51(67)60(33)4)23-34-11-9-8-10-12-34)30-37-15-20-40(54)26-45(37)70-42-21-16-36(17-22-42)44-29-56-46(62(44)6)31-59(2)3/h8-22,26,29,33,38,41,43,49H,23-25,27-28,30-32H2,1-7H3,(H,57,64)(H,58,66). The minimum Gasteiger partial charge on any atom is -0.457 e. The number of carbonyl (C=O) groups excluding carboxylic acids is 5. The van der Waals surface area contributed by atoms with E-state index in [-0.39, 0.29) is 50.8 Å². The molecule has 4 aromatic carbocycles. The van der Waals surface area contributed by atoms with Crippen LogP contribution < -0.4 is 15.4 Å². The van der Waals surface area contributed by atoms with Crippen molar-refractivity contribution >= 4 is 75.3 Å². The van der Waals surface area contributed by atoms with E-state index in [0.717, 1.165) is 28.2 Å². The Kier molecular flexibility index (Phi) is 19.2. The van der Waals surface area contributed by atoms with Crippen molar-refractivity contribution in [3.63, 3.8) is 0 Å². The molecule has 0 radical (unpaired) electrons. The number of rotatable bonds is 13. The lowest BCUT2D eigenvalue weighted by Gasteiger charge is -2.34. The molecular weight excluding hydrogens is 1050 g/mol. The van der Waals surface area contributed by atoms with Crippen molar-refractivity contribution in [1.29, 1.82) is 0 Å². The van der Waals surface area contributed by atoms with Crippen LogP contribution in [0, 0.1) is 5.92 Å². The zero-order valence-electron chi connectivity index (χ0n) is 40.5. The molecule has 5 unspecified atom stereocenters. The number of aromatic nitrogens is 2. The largest absolute Gasteiger partial charge is 0.457 e. The smallest absolute Gasteiger partial charge is 0.253 e. The van der Waals surface area contributed by atoms with Crippen LogP contribution in [0.5, 0.6) is 11.5 Å². The SMILES string of the molecule is COCC1NC(=O)C(I)N(Cc2ccc(Cl)cc2Oc2ccc(-c3cnc(CN(C)C)n3C)cc2)C(=O)CC(Cc2ccccc2)C(=O)N(C)C(C)CNC(=O)CC(Cc2ccc(Cl)cc2)N(C)C1=O. The van der Waals surface area contributed by atoms with E-state index < -0.39 is 45.8 Å². The van der Waals surface area contributed by atoms with Crippen LogP contribution in [0.2, 0.25) is 10.0 Å². The zero-order chi connectivity index (χ0) is 50.6. The summed E-state index contributed by atoms with van der Waals surface area (Å²) in [6.07, 6.45) is 2.02. The highest BCUT2D eigenvalue weighted by Gasteiger charge is 2.37. The van der Waals surface area contributed by atoms with Gasteiger partial charge in [0.05, 0.1) is 37.5 Å². The molecule has 0 bridgehead atoms. The van der Waals surface area contributed by atoms with E-state index in [1.807, 2.05) is 128 Å². The second-order valence-corrected chi connectivity index (χ2v) is 20.0. The number of carbonyl (C=O) groups is 5. The lowest BCUT2D eigenvalue weighted by molar-refractivity contribution is -0.145. The van der Waals surface area contributed by atoms with Crippen LogP contribution in [0.15, 0.2) is 103 Å². The van der Waals surface area contributed by atoms with Crippen LogP contribution in [0.4, 0.5) is 0 Å². The fourth-order valence-electron chi connectivity index (χ4n) is 8.25. The predicted octanol–water partition coefficient (Wildman–Crippen LogP) is 7.15. The average molecular weight is 1110 g/mol. The van der Waals surface area contributed by atoms with Crippen LogP contribution in [0.3, 0.4) is 0 Å². The van der Waals surface area contributed by atoms with Gasteiger partial charge in [-0.15, -0.1) is 0 Å². The van der Waals surface area contributed by atoms with E-state index in [1.54, 1.807) is 49.3 Å². The van der Waals surface area contributed by atoms with Gasteiger partial charge in [-0.2, -0.15) is 0 Å². The first-order chi connectivity index (χ1) is 33.4. The zero-order valence-corrected chi connectivity index (χ0v) is 44.2. The number of benzene rings is 4. The number of nitrogens with zero attached hydrogens (tertiary/aromatic N) is 6. The summed E-state index contributed by atoms with van der Waals surface area (Å²) in [5, 5.41) is 6.74. The number of hydrogen-bond acceptors (Lipinski definition) is 9. The Balaban J connectivity index is 1.36. The first-order valence-corrected chi connectivity index (χ1v) is 25.0. The topological polar surface area (TPSA) is 159 Å². The molecule has 5 atom stereocenters. The molecule has 2 N–H and O–H groups in total. The van der Waals surface area contributed by atoms with Crippen LogP contribution in [0.1, 0.15) is 42.3 Å². The monoisotopic (exact) mass is 1110 g/mol. The molecule has 2 heterocycles. The molecule has 0 saturated carbocycles. The molecule has 5 aromatic rings. The van der Waals surface area contributed by atoms with Crippen molar-refractivity contribution in [2.24, 2.45) is 13.0 Å². The molecule has 6 rings (SSSR count). The number of amides is 5. The summed E-state index contributed by atoms with van der Waals surface area (Å²) in [5.74, 6) is -1.38. The summed E-state index contributed by atoms with van der Waals surface area (Å²) in [6.45, 7) is 2.29. The number of nitrogens with one attached hydrogen (secondary N) is 2. The van der Waals surface area contributed by atoms with E-state index in [1.165, 1.54) is 16.9 Å². The van der Waals surface area contributed by atoms with Crippen LogP contribution in [-0.2, 0) is 61.7 Å². The summed E-state index contributed by atoms with van der Waals surface area (Å²) in [6, 6.07) is 26.8. The highest BCUT2D eigenvalue weighted by molar-refractivity contribution is 14.1. The Morgan fingerprint density at radius 1 is 0.814 bits per heavy atom. The van der Waals surface area contributed by atoms with Gasteiger partial charge >= 0.3 is 0 Å². The molecule has 1 saturated heterocycles. The Labute approximate surface area is 433 Å². The molecule has 5 amide bonds. The van der Waals surface area contributed by atoms with Crippen molar-refractivity contribution < 1.29 is 33.4 Å². The summed E-state index contributed by atoms with van der Waals surface area (Å²) in [7, 11) is 10.6. The molecule has 0 aliphatic carbocycles. The van der Waals surface area contributed by atoms with E-state index in [9.17, 15) is 19.2 Å². The molecule has 1 aliphatic heterocycles. The normalized spacial score (nSPS) is 20.3. The van der Waals surface area contributed by atoms with Gasteiger partial charge in [0.15, 0.2) is 4.05 Å². The molecule has 372 valence electrons. The number of likely N-dealkylation sites (N-methyl/N-ethyl adjacent to an activating group) is 2. The minimum absolute atomic E-state index is 0.0748. The molecular formula is C52H61Cl2IN8O7. The molecule has 0 spiro atoms. The Morgan fingerprint density at radius 3 is 2.16 bits per heavy atom. The average Bonchev–Trinajstić information content (AvgIpc) is 3.70. The maximum Gasteiger partial charge on any atom is 0.253 e. The molecule has 15 nitrogen and oxygen atoms in total. The third-order valence-corrected chi connectivity index (χ3v) is 14.2. The van der Waals surface area contributed by atoms with Crippen molar-refractivity contribution in [3.8, 4) is 22.8 Å². The van der Waals surface area contributed by atoms with Gasteiger partial charge < -0.3 is 44.3 Å². The summed E-state index contributed by atoms with van der Waals surface area (Å²) < 4.78 is 12.8. The van der Waals surface area contributed by atoms with Gasteiger partial charge in [-0.25, -0.2) is 4.98 Å². The fourth-order valence-corrected chi connectivity index (χ4v) is 9.23. The number of hydrogen-bond donors (Lipinski definition) is 2.